The van der Waals surface area contributed by atoms with Crippen LogP contribution in [0.15, 0.2) is 67.0 Å². The molecule has 0 aliphatic heterocycles. The highest BCUT2D eigenvalue weighted by Gasteiger charge is 2.25. The van der Waals surface area contributed by atoms with Crippen molar-refractivity contribution in [1.29, 1.82) is 0 Å². The van der Waals surface area contributed by atoms with E-state index in [1.165, 1.54) is 54.9 Å². The topological polar surface area (TPSA) is 152 Å². The molecular weight excluding hydrogens is 624 g/mol. The first kappa shape index (κ1) is 35.3. The molecule has 1 atom stereocenters. The zero-order chi connectivity index (χ0) is 35.0. The molecule has 0 spiro atoms. The smallest absolute Gasteiger partial charge is 0.306 e. The number of pyridine rings is 1. The summed E-state index contributed by atoms with van der Waals surface area (Å²) >= 11 is 0. The lowest BCUT2D eigenvalue weighted by atomic mass is 10.1. The van der Waals surface area contributed by atoms with Crippen molar-refractivity contribution in [1.82, 2.24) is 20.6 Å². The van der Waals surface area contributed by atoms with Gasteiger partial charge in [-0.2, -0.15) is 0 Å². The Balaban J connectivity index is 1.45. The maximum absolute atomic E-state index is 14.7. The van der Waals surface area contributed by atoms with Crippen LogP contribution in [0.3, 0.4) is 0 Å². The number of esters is 1. The molecule has 252 valence electrons. The second-order valence-electron chi connectivity index (χ2n) is 11.9. The van der Waals surface area contributed by atoms with Gasteiger partial charge >= 0.3 is 5.97 Å². The maximum atomic E-state index is 14.7. The van der Waals surface area contributed by atoms with Crippen molar-refractivity contribution >= 4 is 29.4 Å². The second kappa shape index (κ2) is 15.3. The molecule has 0 fully saturated rings. The summed E-state index contributed by atoms with van der Waals surface area (Å²) in [7, 11) is 0. The fraction of sp³-hybridized carbons (Fsp3) is 0.286. The van der Waals surface area contributed by atoms with Crippen LogP contribution in [0.1, 0.15) is 66.8 Å². The summed E-state index contributed by atoms with van der Waals surface area (Å²) in [6, 6.07) is 11.3. The molecule has 2 heterocycles. The SMILES string of the molecule is CCNC(=O)[C@H](CCC(=O)OC(C)(C)C)NC(=O)c1c[nH]c(-c2cc(Oc3cc(C(=O)Nc4cc(C)ccc4F)ccc3F)ccn2)c1. The zero-order valence-electron chi connectivity index (χ0n) is 27.2. The monoisotopic (exact) mass is 661 g/mol. The predicted octanol–water partition coefficient (Wildman–Crippen LogP) is 6.06. The van der Waals surface area contributed by atoms with E-state index in [-0.39, 0.29) is 41.2 Å². The molecule has 48 heavy (non-hydrogen) atoms. The standard InChI is InChI=1S/C35H37F2N5O6/c1-6-38-34(46)26(11-12-31(43)48-35(3,4)5)41-33(45)22-16-28(40-19-22)29-18-23(13-14-39-29)47-30-17-21(8-10-25(30)37)32(44)42-27-15-20(2)7-9-24(27)36/h7-10,13-19,26,40H,6,11-12H2,1-5H3,(H,38,46)(H,41,45)(H,42,44)/t26-/m0/s1. The summed E-state index contributed by atoms with van der Waals surface area (Å²) in [6.45, 7) is 9.05. The van der Waals surface area contributed by atoms with Crippen LogP contribution in [-0.2, 0) is 14.3 Å². The van der Waals surface area contributed by atoms with E-state index in [1.54, 1.807) is 40.7 Å². The summed E-state index contributed by atoms with van der Waals surface area (Å²) in [6.07, 6.45) is 2.81. The number of amides is 3. The van der Waals surface area contributed by atoms with Crippen molar-refractivity contribution in [3.63, 3.8) is 0 Å². The van der Waals surface area contributed by atoms with E-state index in [0.717, 1.165) is 11.6 Å². The number of aromatic amines is 1. The summed E-state index contributed by atoms with van der Waals surface area (Å²) in [5, 5.41) is 7.81. The number of nitrogens with one attached hydrogen (secondary N) is 4. The van der Waals surface area contributed by atoms with E-state index in [1.807, 2.05) is 0 Å². The third kappa shape index (κ3) is 9.71. The number of aryl methyl sites for hydroxylation is 1. The maximum Gasteiger partial charge on any atom is 0.306 e. The summed E-state index contributed by atoms with van der Waals surface area (Å²) in [5.41, 5.74) is 1.06. The quantitative estimate of drug-likeness (QED) is 0.135. The second-order valence-corrected chi connectivity index (χ2v) is 11.9. The van der Waals surface area contributed by atoms with Crippen LogP contribution >= 0.6 is 0 Å². The van der Waals surface area contributed by atoms with Gasteiger partial charge in [0.2, 0.25) is 5.91 Å². The fourth-order valence-electron chi connectivity index (χ4n) is 4.54. The number of benzene rings is 2. The van der Waals surface area contributed by atoms with Crippen molar-refractivity contribution < 1.29 is 37.4 Å². The van der Waals surface area contributed by atoms with Gasteiger partial charge in [0.25, 0.3) is 11.8 Å². The minimum atomic E-state index is -0.984. The molecule has 4 N–H and O–H groups in total. The minimum absolute atomic E-state index is 0.00915. The van der Waals surface area contributed by atoms with Crippen LogP contribution in [0.2, 0.25) is 0 Å². The first-order valence-electron chi connectivity index (χ1n) is 15.2. The van der Waals surface area contributed by atoms with E-state index >= 15 is 0 Å². The number of likely N-dealkylation sites (N-methyl/N-ethyl adjacent to an activating group) is 1. The normalized spacial score (nSPS) is 11.7. The lowest BCUT2D eigenvalue weighted by molar-refractivity contribution is -0.155. The summed E-state index contributed by atoms with van der Waals surface area (Å²) in [5.74, 6) is -3.56. The van der Waals surface area contributed by atoms with Gasteiger partial charge in [-0.05, 0) is 89.1 Å². The Labute approximate surface area is 276 Å². The van der Waals surface area contributed by atoms with Gasteiger partial charge in [-0.15, -0.1) is 0 Å². The minimum Gasteiger partial charge on any atom is -0.460 e. The van der Waals surface area contributed by atoms with Crippen molar-refractivity contribution in [2.75, 3.05) is 11.9 Å². The Bertz CT molecular complexity index is 1820. The van der Waals surface area contributed by atoms with Gasteiger partial charge in [0, 0.05) is 37.0 Å². The average molecular weight is 662 g/mol. The van der Waals surface area contributed by atoms with E-state index in [2.05, 4.69) is 25.9 Å². The molecule has 11 nitrogen and oxygen atoms in total. The molecule has 13 heteroatoms. The highest BCUT2D eigenvalue weighted by molar-refractivity contribution is 6.04. The Morgan fingerprint density at radius 3 is 2.42 bits per heavy atom. The highest BCUT2D eigenvalue weighted by Crippen LogP contribution is 2.29. The molecule has 4 aromatic rings. The number of ether oxygens (including phenoxy) is 2. The molecule has 0 aliphatic rings. The molecule has 0 bridgehead atoms. The van der Waals surface area contributed by atoms with Crippen LogP contribution in [0, 0.1) is 18.6 Å². The van der Waals surface area contributed by atoms with Gasteiger partial charge in [-0.3, -0.25) is 24.2 Å². The number of carbonyl (C=O) groups is 4. The molecule has 2 aromatic carbocycles. The number of hydrogen-bond donors (Lipinski definition) is 4. The number of anilines is 1. The zero-order valence-corrected chi connectivity index (χ0v) is 27.2. The number of rotatable bonds is 12. The largest absolute Gasteiger partial charge is 0.460 e. The summed E-state index contributed by atoms with van der Waals surface area (Å²) in [4.78, 5) is 58.0. The lowest BCUT2D eigenvalue weighted by Crippen LogP contribution is -2.47. The molecule has 2 aromatic heterocycles. The molecule has 0 radical (unpaired) electrons. The third-order valence-corrected chi connectivity index (χ3v) is 6.77. The molecule has 0 saturated carbocycles. The van der Waals surface area contributed by atoms with Crippen LogP contribution in [0.5, 0.6) is 11.5 Å². The molecule has 3 amide bonds. The first-order valence-corrected chi connectivity index (χ1v) is 15.2. The first-order chi connectivity index (χ1) is 22.7. The van der Waals surface area contributed by atoms with Crippen LogP contribution in [0.4, 0.5) is 14.5 Å². The number of hydrogen-bond acceptors (Lipinski definition) is 7. The van der Waals surface area contributed by atoms with Crippen molar-refractivity contribution in [2.24, 2.45) is 0 Å². The van der Waals surface area contributed by atoms with Gasteiger partial charge < -0.3 is 30.4 Å². The van der Waals surface area contributed by atoms with E-state index in [4.69, 9.17) is 9.47 Å². The number of nitrogens with zero attached hydrogens (tertiary/aromatic N) is 1. The highest BCUT2D eigenvalue weighted by atomic mass is 19.1. The van der Waals surface area contributed by atoms with Crippen molar-refractivity contribution in [3.05, 3.63) is 95.3 Å². The Morgan fingerprint density at radius 1 is 0.938 bits per heavy atom. The third-order valence-electron chi connectivity index (χ3n) is 6.77. The molecule has 4 rings (SSSR count). The van der Waals surface area contributed by atoms with Gasteiger partial charge in [0.05, 0.1) is 22.6 Å². The molecule has 0 aliphatic carbocycles. The Morgan fingerprint density at radius 2 is 1.69 bits per heavy atom. The average Bonchev–Trinajstić information content (AvgIpc) is 3.52. The molecule has 0 saturated heterocycles. The van der Waals surface area contributed by atoms with E-state index < -0.39 is 47.0 Å². The number of H-pyrrole nitrogens is 1. The Hall–Kier alpha value is -5.59. The van der Waals surface area contributed by atoms with Gasteiger partial charge in [0.1, 0.15) is 23.2 Å². The number of halogens is 2. The van der Waals surface area contributed by atoms with E-state index in [9.17, 15) is 28.0 Å². The number of carbonyl (C=O) groups excluding carboxylic acids is 4. The molecular formula is C35H37F2N5O6. The van der Waals surface area contributed by atoms with E-state index in [0.29, 0.717) is 17.9 Å². The van der Waals surface area contributed by atoms with Crippen LogP contribution < -0.4 is 20.7 Å². The van der Waals surface area contributed by atoms with Gasteiger partial charge in [-0.25, -0.2) is 8.78 Å². The van der Waals surface area contributed by atoms with Gasteiger partial charge in [-0.1, -0.05) is 6.07 Å². The molecule has 0 unspecified atom stereocenters. The predicted molar refractivity (Wildman–Crippen MR) is 175 cm³/mol. The summed E-state index contributed by atoms with van der Waals surface area (Å²) < 4.78 is 39.9. The van der Waals surface area contributed by atoms with Crippen LogP contribution in [0.25, 0.3) is 11.4 Å². The Kier molecular flexibility index (Phi) is 11.3. The number of aromatic nitrogens is 2. The van der Waals surface area contributed by atoms with Gasteiger partial charge in [0.15, 0.2) is 11.6 Å². The van der Waals surface area contributed by atoms with Crippen molar-refractivity contribution in [3.8, 4) is 22.9 Å². The van der Waals surface area contributed by atoms with Crippen LogP contribution in [-0.4, -0.2) is 51.8 Å². The van der Waals surface area contributed by atoms with Crippen molar-refractivity contribution in [2.45, 2.75) is 59.1 Å². The fourth-order valence-corrected chi connectivity index (χ4v) is 4.54. The lowest BCUT2D eigenvalue weighted by Gasteiger charge is -2.21.